The lowest BCUT2D eigenvalue weighted by Gasteiger charge is -2.07. The van der Waals surface area contributed by atoms with Gasteiger partial charge in [0.2, 0.25) is 0 Å². The van der Waals surface area contributed by atoms with Crippen molar-refractivity contribution in [1.29, 1.82) is 5.26 Å². The third-order valence-corrected chi connectivity index (χ3v) is 2.57. The van der Waals surface area contributed by atoms with E-state index in [0.29, 0.717) is 25.3 Å². The molecule has 1 aromatic carbocycles. The zero-order chi connectivity index (χ0) is 14.6. The Morgan fingerprint density at radius 2 is 2.30 bits per heavy atom. The Morgan fingerprint density at radius 1 is 1.45 bits per heavy atom. The van der Waals surface area contributed by atoms with Crippen molar-refractivity contribution >= 4 is 5.97 Å². The highest BCUT2D eigenvalue weighted by atomic mass is 16.5. The second kappa shape index (κ2) is 9.82. The molecular weight excluding hydrogens is 256 g/mol. The molecule has 0 heterocycles. The summed E-state index contributed by atoms with van der Waals surface area (Å²) in [4.78, 5) is 11.1. The molecule has 0 unspecified atom stereocenters. The van der Waals surface area contributed by atoms with E-state index in [0.717, 1.165) is 18.5 Å². The van der Waals surface area contributed by atoms with Crippen molar-refractivity contribution in [1.82, 2.24) is 5.32 Å². The molecule has 1 aromatic rings. The molecule has 0 fully saturated rings. The number of carbonyl (C=O) groups excluding carboxylic acids is 1. The normalized spacial score (nSPS) is 9.80. The molecular formula is C15H20N2O3. The van der Waals surface area contributed by atoms with Gasteiger partial charge in [-0.2, -0.15) is 5.26 Å². The first-order valence-electron chi connectivity index (χ1n) is 6.71. The molecule has 0 aromatic heterocycles. The standard InChI is InChI=1S/C15H20N2O3/c1-2-19-15(18)7-4-9-17-12-13-5-3-6-14(11-13)20-10-8-16/h3,5-6,11,17H,2,4,7,9-10,12H2,1H3. The Hall–Kier alpha value is -2.06. The van der Waals surface area contributed by atoms with Gasteiger partial charge < -0.3 is 14.8 Å². The van der Waals surface area contributed by atoms with Gasteiger partial charge in [0.1, 0.15) is 11.8 Å². The maximum Gasteiger partial charge on any atom is 0.305 e. The molecule has 20 heavy (non-hydrogen) atoms. The summed E-state index contributed by atoms with van der Waals surface area (Å²) in [7, 11) is 0. The zero-order valence-corrected chi connectivity index (χ0v) is 11.7. The van der Waals surface area contributed by atoms with E-state index < -0.39 is 0 Å². The Morgan fingerprint density at radius 3 is 3.05 bits per heavy atom. The van der Waals surface area contributed by atoms with Crippen LogP contribution in [0.4, 0.5) is 0 Å². The van der Waals surface area contributed by atoms with E-state index >= 15 is 0 Å². The van der Waals surface area contributed by atoms with E-state index in [1.54, 1.807) is 6.92 Å². The smallest absolute Gasteiger partial charge is 0.305 e. The molecule has 0 atom stereocenters. The van der Waals surface area contributed by atoms with Crippen LogP contribution in [0.25, 0.3) is 0 Å². The summed E-state index contributed by atoms with van der Waals surface area (Å²) < 4.78 is 10.1. The molecule has 0 bridgehead atoms. The van der Waals surface area contributed by atoms with Crippen LogP contribution in [-0.2, 0) is 16.1 Å². The van der Waals surface area contributed by atoms with Crippen molar-refractivity contribution in [2.24, 2.45) is 0 Å². The monoisotopic (exact) mass is 276 g/mol. The highest BCUT2D eigenvalue weighted by molar-refractivity contribution is 5.69. The predicted molar refractivity (Wildman–Crippen MR) is 75.1 cm³/mol. The van der Waals surface area contributed by atoms with E-state index in [2.05, 4.69) is 5.32 Å². The largest absolute Gasteiger partial charge is 0.479 e. The maximum atomic E-state index is 11.1. The van der Waals surface area contributed by atoms with Crippen molar-refractivity contribution < 1.29 is 14.3 Å². The minimum Gasteiger partial charge on any atom is -0.479 e. The summed E-state index contributed by atoms with van der Waals surface area (Å²) in [5, 5.41) is 11.7. The fourth-order valence-corrected chi connectivity index (χ4v) is 1.68. The van der Waals surface area contributed by atoms with E-state index in [9.17, 15) is 4.79 Å². The van der Waals surface area contributed by atoms with Crippen LogP contribution in [-0.4, -0.2) is 25.7 Å². The van der Waals surface area contributed by atoms with E-state index in [1.807, 2.05) is 30.3 Å². The molecule has 5 nitrogen and oxygen atoms in total. The van der Waals surface area contributed by atoms with Crippen LogP contribution in [0.2, 0.25) is 0 Å². The second-order valence-electron chi connectivity index (χ2n) is 4.18. The predicted octanol–water partition coefficient (Wildman–Crippen LogP) is 2.02. The topological polar surface area (TPSA) is 71.3 Å². The summed E-state index contributed by atoms with van der Waals surface area (Å²) >= 11 is 0. The van der Waals surface area contributed by atoms with Crippen molar-refractivity contribution in [3.8, 4) is 11.8 Å². The highest BCUT2D eigenvalue weighted by Crippen LogP contribution is 2.12. The summed E-state index contributed by atoms with van der Waals surface area (Å²) in [6.07, 6.45) is 1.19. The number of rotatable bonds is 9. The zero-order valence-electron chi connectivity index (χ0n) is 11.7. The number of esters is 1. The number of benzene rings is 1. The minimum absolute atomic E-state index is 0.0520. The van der Waals surface area contributed by atoms with Crippen LogP contribution in [0.15, 0.2) is 24.3 Å². The van der Waals surface area contributed by atoms with Gasteiger partial charge in [-0.1, -0.05) is 12.1 Å². The lowest BCUT2D eigenvalue weighted by molar-refractivity contribution is -0.143. The van der Waals surface area contributed by atoms with Crippen molar-refractivity contribution in [2.75, 3.05) is 19.8 Å². The van der Waals surface area contributed by atoms with Gasteiger partial charge in [-0.3, -0.25) is 4.79 Å². The quantitative estimate of drug-likeness (QED) is 0.552. The Bertz CT molecular complexity index is 455. The molecule has 1 rings (SSSR count). The van der Waals surface area contributed by atoms with E-state index in [-0.39, 0.29) is 12.6 Å². The van der Waals surface area contributed by atoms with Crippen molar-refractivity contribution in [3.05, 3.63) is 29.8 Å². The van der Waals surface area contributed by atoms with Crippen LogP contribution in [0.3, 0.4) is 0 Å². The summed E-state index contributed by atoms with van der Waals surface area (Å²) in [5.41, 5.74) is 1.08. The third kappa shape index (κ3) is 6.76. The average molecular weight is 276 g/mol. The lowest BCUT2D eigenvalue weighted by Crippen LogP contribution is -2.16. The lowest BCUT2D eigenvalue weighted by atomic mass is 10.2. The van der Waals surface area contributed by atoms with Gasteiger partial charge in [0.25, 0.3) is 0 Å². The number of ether oxygens (including phenoxy) is 2. The molecule has 0 saturated carbocycles. The van der Waals surface area contributed by atoms with E-state index in [4.69, 9.17) is 14.7 Å². The number of nitrogens with zero attached hydrogens (tertiary/aromatic N) is 1. The van der Waals surface area contributed by atoms with Gasteiger partial charge in [-0.15, -0.1) is 0 Å². The maximum absolute atomic E-state index is 11.1. The molecule has 0 aliphatic rings. The van der Waals surface area contributed by atoms with Crippen LogP contribution < -0.4 is 10.1 Å². The summed E-state index contributed by atoms with van der Waals surface area (Å²) in [6, 6.07) is 9.53. The SMILES string of the molecule is CCOC(=O)CCCNCc1cccc(OCC#N)c1. The average Bonchev–Trinajstić information content (AvgIpc) is 2.45. The number of nitrogens with one attached hydrogen (secondary N) is 1. The Balaban J connectivity index is 2.21. The Kier molecular flexibility index (Phi) is 7.85. The molecule has 0 aliphatic heterocycles. The van der Waals surface area contributed by atoms with Crippen LogP contribution in [0, 0.1) is 11.3 Å². The number of hydrogen-bond donors (Lipinski definition) is 1. The first kappa shape index (κ1) is 16.0. The fraction of sp³-hybridized carbons (Fsp3) is 0.467. The highest BCUT2D eigenvalue weighted by Gasteiger charge is 2.01. The minimum atomic E-state index is -0.152. The number of carbonyl (C=O) groups is 1. The first-order chi connectivity index (χ1) is 9.76. The third-order valence-electron chi connectivity index (χ3n) is 2.57. The van der Waals surface area contributed by atoms with Gasteiger partial charge in [-0.05, 0) is 37.6 Å². The molecule has 1 N–H and O–H groups in total. The molecule has 0 amide bonds. The molecule has 0 spiro atoms. The van der Waals surface area contributed by atoms with Crippen molar-refractivity contribution in [3.63, 3.8) is 0 Å². The van der Waals surface area contributed by atoms with Gasteiger partial charge in [-0.25, -0.2) is 0 Å². The van der Waals surface area contributed by atoms with Crippen molar-refractivity contribution in [2.45, 2.75) is 26.3 Å². The van der Waals surface area contributed by atoms with Gasteiger partial charge >= 0.3 is 5.97 Å². The van der Waals surface area contributed by atoms with Gasteiger partial charge in [0.05, 0.1) is 6.61 Å². The molecule has 0 aliphatic carbocycles. The van der Waals surface area contributed by atoms with Gasteiger partial charge in [0, 0.05) is 13.0 Å². The summed E-state index contributed by atoms with van der Waals surface area (Å²) in [5.74, 6) is 0.540. The Labute approximate surface area is 119 Å². The fourth-order valence-electron chi connectivity index (χ4n) is 1.68. The van der Waals surface area contributed by atoms with Crippen LogP contribution in [0.5, 0.6) is 5.75 Å². The molecule has 108 valence electrons. The van der Waals surface area contributed by atoms with Gasteiger partial charge in [0.15, 0.2) is 6.61 Å². The molecule has 0 saturated heterocycles. The summed E-state index contributed by atoms with van der Waals surface area (Å²) in [6.45, 7) is 3.74. The number of hydrogen-bond acceptors (Lipinski definition) is 5. The second-order valence-corrected chi connectivity index (χ2v) is 4.18. The van der Waals surface area contributed by atoms with Crippen LogP contribution in [0.1, 0.15) is 25.3 Å². The molecule has 0 radical (unpaired) electrons. The molecule has 5 heteroatoms. The van der Waals surface area contributed by atoms with Crippen LogP contribution >= 0.6 is 0 Å². The van der Waals surface area contributed by atoms with E-state index in [1.165, 1.54) is 0 Å². The first-order valence-corrected chi connectivity index (χ1v) is 6.71. The number of nitriles is 1.